The van der Waals surface area contributed by atoms with Crippen LogP contribution in [0.4, 0.5) is 13.2 Å². The molecule has 0 spiro atoms. The number of aromatic nitrogens is 2. The van der Waals surface area contributed by atoms with Crippen LogP contribution in [0.3, 0.4) is 0 Å². The third-order valence-electron chi connectivity index (χ3n) is 6.74. The summed E-state index contributed by atoms with van der Waals surface area (Å²) < 4.78 is 41.6. The lowest BCUT2D eigenvalue weighted by Crippen LogP contribution is -2.61. The maximum atomic E-state index is 13.5. The van der Waals surface area contributed by atoms with Crippen molar-refractivity contribution in [3.63, 3.8) is 0 Å². The third-order valence-corrected chi connectivity index (χ3v) is 6.74. The summed E-state index contributed by atoms with van der Waals surface area (Å²) >= 11 is 0. The van der Waals surface area contributed by atoms with Gasteiger partial charge in [0.25, 0.3) is 5.91 Å². The average molecular weight is 369 g/mol. The minimum atomic E-state index is -4.61. The van der Waals surface area contributed by atoms with E-state index in [2.05, 4.69) is 10.4 Å². The van der Waals surface area contributed by atoms with E-state index >= 15 is 0 Å². The van der Waals surface area contributed by atoms with Crippen LogP contribution in [0.5, 0.6) is 0 Å². The Hall–Kier alpha value is -1.57. The van der Waals surface area contributed by atoms with Crippen LogP contribution in [0.1, 0.15) is 67.0 Å². The van der Waals surface area contributed by atoms with Gasteiger partial charge >= 0.3 is 6.18 Å². The Labute approximate surface area is 148 Å². The van der Waals surface area contributed by atoms with E-state index < -0.39 is 23.4 Å². The van der Waals surface area contributed by atoms with Crippen molar-refractivity contribution in [2.75, 3.05) is 0 Å². The van der Waals surface area contributed by atoms with E-state index in [1.807, 2.05) is 0 Å². The number of alkyl halides is 3. The fraction of sp³-hybridized carbons (Fsp3) is 0.778. The minimum Gasteiger partial charge on any atom is -0.390 e. The Morgan fingerprint density at radius 1 is 1.23 bits per heavy atom. The number of rotatable bonds is 3. The van der Waals surface area contributed by atoms with Gasteiger partial charge in [0.1, 0.15) is 0 Å². The van der Waals surface area contributed by atoms with E-state index in [1.54, 1.807) is 0 Å². The molecule has 0 radical (unpaired) electrons. The molecule has 1 heterocycles. The molecule has 5 saturated carbocycles. The second-order valence-electron chi connectivity index (χ2n) is 8.77. The molecule has 1 amide bonds. The van der Waals surface area contributed by atoms with Crippen molar-refractivity contribution in [3.05, 3.63) is 17.5 Å². The number of amides is 1. The predicted molar refractivity (Wildman–Crippen MR) is 85.3 cm³/mol. The van der Waals surface area contributed by atoms with Crippen molar-refractivity contribution in [3.8, 4) is 0 Å². The molecule has 4 bridgehead atoms. The van der Waals surface area contributed by atoms with E-state index in [0.29, 0.717) is 31.6 Å². The largest absolute Gasteiger partial charge is 0.433 e. The average Bonchev–Trinajstić information content (AvgIpc) is 3.25. The smallest absolute Gasteiger partial charge is 0.390 e. The van der Waals surface area contributed by atoms with Crippen LogP contribution in [0.15, 0.2) is 6.20 Å². The maximum absolute atomic E-state index is 13.5. The zero-order chi connectivity index (χ0) is 18.3. The Balaban J connectivity index is 1.40. The summed E-state index contributed by atoms with van der Waals surface area (Å²) in [6.45, 7) is 0. The molecular formula is C18H22F3N3O2. The number of carbonyl (C=O) groups is 1. The number of halogens is 3. The van der Waals surface area contributed by atoms with Crippen molar-refractivity contribution >= 4 is 5.91 Å². The molecule has 5 fully saturated rings. The van der Waals surface area contributed by atoms with Crippen LogP contribution in [0.2, 0.25) is 0 Å². The molecule has 5 aliphatic carbocycles. The Morgan fingerprint density at radius 3 is 2.42 bits per heavy atom. The fourth-order valence-electron chi connectivity index (χ4n) is 5.85. The highest BCUT2D eigenvalue weighted by atomic mass is 19.4. The first-order chi connectivity index (χ1) is 12.2. The zero-order valence-corrected chi connectivity index (χ0v) is 14.3. The van der Waals surface area contributed by atoms with Gasteiger partial charge in [-0.05, 0) is 62.7 Å². The van der Waals surface area contributed by atoms with Gasteiger partial charge in [0.05, 0.1) is 23.4 Å². The van der Waals surface area contributed by atoms with Gasteiger partial charge in [-0.3, -0.25) is 9.48 Å². The van der Waals surface area contributed by atoms with Gasteiger partial charge in [-0.1, -0.05) is 0 Å². The second-order valence-corrected chi connectivity index (χ2v) is 8.77. The van der Waals surface area contributed by atoms with E-state index in [9.17, 15) is 23.1 Å². The van der Waals surface area contributed by atoms with Gasteiger partial charge in [0.2, 0.25) is 0 Å². The minimum absolute atomic E-state index is 0.148. The summed E-state index contributed by atoms with van der Waals surface area (Å²) in [5.74, 6) is 0.105. The molecule has 3 unspecified atom stereocenters. The highest BCUT2D eigenvalue weighted by Crippen LogP contribution is 2.55. The molecule has 0 saturated heterocycles. The summed E-state index contributed by atoms with van der Waals surface area (Å²) in [5.41, 5.74) is -1.94. The SMILES string of the molecule is O=C(NC1[C@@H]2CC3C[C@H]1CC(O)(C3)C2)c1cnn(C2CC2)c1C(F)(F)F. The monoisotopic (exact) mass is 369 g/mol. The van der Waals surface area contributed by atoms with E-state index in [-0.39, 0.29) is 29.5 Å². The van der Waals surface area contributed by atoms with Gasteiger partial charge in [0.15, 0.2) is 5.69 Å². The fourth-order valence-corrected chi connectivity index (χ4v) is 5.85. The number of hydrogen-bond donors (Lipinski definition) is 2. The molecule has 5 atom stereocenters. The molecule has 0 aliphatic heterocycles. The van der Waals surface area contributed by atoms with Gasteiger partial charge < -0.3 is 10.4 Å². The van der Waals surface area contributed by atoms with Gasteiger partial charge in [-0.25, -0.2) is 0 Å². The van der Waals surface area contributed by atoms with Crippen LogP contribution in [-0.4, -0.2) is 32.4 Å². The van der Waals surface area contributed by atoms with E-state index in [0.717, 1.165) is 30.1 Å². The molecule has 1 aromatic heterocycles. The van der Waals surface area contributed by atoms with Crippen molar-refractivity contribution in [1.29, 1.82) is 0 Å². The molecule has 5 nitrogen and oxygen atoms in total. The van der Waals surface area contributed by atoms with Gasteiger partial charge in [-0.15, -0.1) is 0 Å². The number of carbonyl (C=O) groups excluding carboxylic acids is 1. The predicted octanol–water partition coefficient (Wildman–Crippen LogP) is 2.91. The van der Waals surface area contributed by atoms with E-state index in [1.165, 1.54) is 0 Å². The van der Waals surface area contributed by atoms with Crippen molar-refractivity contribution in [2.24, 2.45) is 17.8 Å². The summed E-state index contributed by atoms with van der Waals surface area (Å²) in [6.07, 6.45) is 1.76. The zero-order valence-electron chi connectivity index (χ0n) is 14.3. The molecule has 6 rings (SSSR count). The molecule has 142 valence electrons. The lowest BCUT2D eigenvalue weighted by Gasteiger charge is -2.58. The van der Waals surface area contributed by atoms with Crippen LogP contribution < -0.4 is 5.32 Å². The Kier molecular flexibility index (Phi) is 3.34. The second kappa shape index (κ2) is 5.24. The highest BCUT2D eigenvalue weighted by Gasteiger charge is 2.55. The summed E-state index contributed by atoms with van der Waals surface area (Å²) in [5, 5.41) is 17.4. The van der Waals surface area contributed by atoms with Crippen molar-refractivity contribution in [2.45, 2.75) is 68.8 Å². The van der Waals surface area contributed by atoms with E-state index in [4.69, 9.17) is 0 Å². The normalized spacial score (nSPS) is 38.6. The Morgan fingerprint density at radius 2 is 1.88 bits per heavy atom. The number of nitrogens with zero attached hydrogens (tertiary/aromatic N) is 2. The van der Waals surface area contributed by atoms with Crippen molar-refractivity contribution < 1.29 is 23.1 Å². The number of nitrogens with one attached hydrogen (secondary N) is 1. The topological polar surface area (TPSA) is 67.2 Å². The molecule has 26 heavy (non-hydrogen) atoms. The first-order valence-electron chi connectivity index (χ1n) is 9.41. The van der Waals surface area contributed by atoms with Crippen LogP contribution in [-0.2, 0) is 6.18 Å². The molecule has 1 aromatic rings. The van der Waals surface area contributed by atoms with Crippen LogP contribution in [0.25, 0.3) is 0 Å². The standard InChI is InChI=1S/C18H22F3N3O2/c19-18(20,21)15-13(8-22-24(15)12-1-2-12)16(25)23-14-10-3-9-4-11(14)7-17(26,5-9)6-10/h8-12,14,26H,1-7H2,(H,23,25)/t9?,10-,11+,14?,17?. The highest BCUT2D eigenvalue weighted by molar-refractivity contribution is 5.95. The van der Waals surface area contributed by atoms with Crippen LogP contribution >= 0.6 is 0 Å². The van der Waals surface area contributed by atoms with Gasteiger partial charge in [0, 0.05) is 6.04 Å². The molecule has 5 aliphatic rings. The lowest BCUT2D eigenvalue weighted by molar-refractivity contribution is -0.144. The molecule has 8 heteroatoms. The lowest BCUT2D eigenvalue weighted by atomic mass is 9.52. The van der Waals surface area contributed by atoms with Crippen molar-refractivity contribution in [1.82, 2.24) is 15.1 Å². The molecule has 0 aromatic carbocycles. The third kappa shape index (κ3) is 2.56. The maximum Gasteiger partial charge on any atom is 0.433 e. The Bertz CT molecular complexity index is 739. The van der Waals surface area contributed by atoms with Crippen LogP contribution in [0, 0.1) is 17.8 Å². The first-order valence-corrected chi connectivity index (χ1v) is 9.41. The molecule has 2 N–H and O–H groups in total. The quantitative estimate of drug-likeness (QED) is 0.861. The summed E-state index contributed by atoms with van der Waals surface area (Å²) in [4.78, 5) is 12.7. The van der Waals surface area contributed by atoms with Gasteiger partial charge in [-0.2, -0.15) is 18.3 Å². The number of hydrogen-bond acceptors (Lipinski definition) is 3. The summed E-state index contributed by atoms with van der Waals surface area (Å²) in [7, 11) is 0. The molecular weight excluding hydrogens is 347 g/mol. The summed E-state index contributed by atoms with van der Waals surface area (Å²) in [6, 6.07) is -0.395. The number of aliphatic hydroxyl groups is 1. The first kappa shape index (κ1) is 16.6.